The van der Waals surface area contributed by atoms with Crippen LogP contribution in [0.2, 0.25) is 0 Å². The van der Waals surface area contributed by atoms with Crippen molar-refractivity contribution in [3.63, 3.8) is 0 Å². The van der Waals surface area contributed by atoms with Crippen LogP contribution in [0.3, 0.4) is 0 Å². The van der Waals surface area contributed by atoms with Crippen molar-refractivity contribution in [3.8, 4) is 0 Å². The number of rotatable bonds is 5. The summed E-state index contributed by atoms with van der Waals surface area (Å²) in [6, 6.07) is 7.94. The molecule has 0 saturated carbocycles. The van der Waals surface area contributed by atoms with Gasteiger partial charge in [0.15, 0.2) is 0 Å². The van der Waals surface area contributed by atoms with E-state index in [1.54, 1.807) is 0 Å². The molecule has 1 atom stereocenters. The lowest BCUT2D eigenvalue weighted by atomic mass is 9.87. The quantitative estimate of drug-likeness (QED) is 0.726. The Labute approximate surface area is 121 Å². The van der Waals surface area contributed by atoms with Gasteiger partial charge in [-0.05, 0) is 29.0 Å². The largest absolute Gasteiger partial charge is 0.392 e. The number of amides is 1. The van der Waals surface area contributed by atoms with Crippen molar-refractivity contribution in [2.75, 3.05) is 5.43 Å². The summed E-state index contributed by atoms with van der Waals surface area (Å²) in [6.45, 7) is 10.2. The molecule has 0 heterocycles. The number of carbonyl (C=O) groups is 1. The molecule has 0 radical (unpaired) electrons. The van der Waals surface area contributed by atoms with Gasteiger partial charge in [0.05, 0.1) is 18.2 Å². The van der Waals surface area contributed by atoms with E-state index in [1.165, 1.54) is 5.56 Å². The molecule has 3 N–H and O–H groups in total. The van der Waals surface area contributed by atoms with E-state index in [2.05, 4.69) is 31.6 Å². The molecular weight excluding hydrogens is 252 g/mol. The van der Waals surface area contributed by atoms with Gasteiger partial charge in [-0.2, -0.15) is 0 Å². The van der Waals surface area contributed by atoms with Crippen LogP contribution >= 0.6 is 0 Å². The molecule has 0 saturated heterocycles. The fraction of sp³-hybridized carbons (Fsp3) is 0.562. The highest BCUT2D eigenvalue weighted by Crippen LogP contribution is 2.23. The summed E-state index contributed by atoms with van der Waals surface area (Å²) in [4.78, 5) is 11.6. The lowest BCUT2D eigenvalue weighted by Gasteiger charge is -2.19. The third kappa shape index (κ3) is 5.21. The Morgan fingerprint density at radius 2 is 1.75 bits per heavy atom. The van der Waals surface area contributed by atoms with Gasteiger partial charge in [-0.1, -0.05) is 46.8 Å². The molecule has 0 spiro atoms. The Kier molecular flexibility index (Phi) is 5.57. The molecule has 0 aliphatic heterocycles. The lowest BCUT2D eigenvalue weighted by Crippen LogP contribution is -2.33. The summed E-state index contributed by atoms with van der Waals surface area (Å²) < 4.78 is 0. The highest BCUT2D eigenvalue weighted by molar-refractivity contribution is 5.77. The van der Waals surface area contributed by atoms with E-state index in [4.69, 9.17) is 0 Å². The van der Waals surface area contributed by atoms with Crippen LogP contribution in [-0.4, -0.2) is 17.1 Å². The maximum atomic E-state index is 11.6. The van der Waals surface area contributed by atoms with E-state index in [0.717, 1.165) is 5.69 Å². The third-order valence-electron chi connectivity index (χ3n) is 3.26. The zero-order valence-corrected chi connectivity index (χ0v) is 13.0. The Bertz CT molecular complexity index is 433. The SMILES string of the molecule is CC(C)C(O)CC(=O)NNc1ccc(C(C)(C)C)cc1. The van der Waals surface area contributed by atoms with Crippen LogP contribution in [0.4, 0.5) is 5.69 Å². The van der Waals surface area contributed by atoms with Crippen LogP contribution in [0.15, 0.2) is 24.3 Å². The molecule has 1 unspecified atom stereocenters. The van der Waals surface area contributed by atoms with Crippen LogP contribution in [0.25, 0.3) is 0 Å². The number of nitrogens with one attached hydrogen (secondary N) is 2. The monoisotopic (exact) mass is 278 g/mol. The minimum atomic E-state index is -0.611. The number of hydrogen-bond donors (Lipinski definition) is 3. The minimum Gasteiger partial charge on any atom is -0.392 e. The summed E-state index contributed by atoms with van der Waals surface area (Å²) >= 11 is 0. The zero-order valence-electron chi connectivity index (χ0n) is 13.0. The van der Waals surface area contributed by atoms with Crippen molar-refractivity contribution >= 4 is 11.6 Å². The van der Waals surface area contributed by atoms with Crippen LogP contribution in [-0.2, 0) is 10.2 Å². The number of carbonyl (C=O) groups excluding carboxylic acids is 1. The molecule has 0 fully saturated rings. The van der Waals surface area contributed by atoms with Gasteiger partial charge in [0.25, 0.3) is 0 Å². The maximum Gasteiger partial charge on any atom is 0.240 e. The summed E-state index contributed by atoms with van der Waals surface area (Å²) in [5.74, 6) is -0.141. The average molecular weight is 278 g/mol. The van der Waals surface area contributed by atoms with E-state index >= 15 is 0 Å². The minimum absolute atomic E-state index is 0.0758. The van der Waals surface area contributed by atoms with E-state index in [-0.39, 0.29) is 23.7 Å². The second-order valence-corrected chi connectivity index (χ2v) is 6.52. The fourth-order valence-corrected chi connectivity index (χ4v) is 1.67. The first-order chi connectivity index (χ1) is 9.20. The number of aliphatic hydroxyl groups excluding tert-OH is 1. The molecule has 1 aromatic carbocycles. The van der Waals surface area contributed by atoms with E-state index in [1.807, 2.05) is 38.1 Å². The summed E-state index contributed by atoms with van der Waals surface area (Å²) in [6.07, 6.45) is -0.509. The predicted molar refractivity (Wildman–Crippen MR) is 82.4 cm³/mol. The molecular formula is C16H26N2O2. The molecule has 1 amide bonds. The second kappa shape index (κ2) is 6.75. The smallest absolute Gasteiger partial charge is 0.240 e. The number of hydrazine groups is 1. The second-order valence-electron chi connectivity index (χ2n) is 6.52. The van der Waals surface area contributed by atoms with Gasteiger partial charge in [0, 0.05) is 0 Å². The Hall–Kier alpha value is -1.55. The van der Waals surface area contributed by atoms with E-state index in [9.17, 15) is 9.90 Å². The topological polar surface area (TPSA) is 61.4 Å². The molecule has 1 rings (SSSR count). The molecule has 0 aliphatic carbocycles. The fourth-order valence-electron chi connectivity index (χ4n) is 1.67. The van der Waals surface area contributed by atoms with Crippen molar-refractivity contribution < 1.29 is 9.90 Å². The molecule has 0 bridgehead atoms. The normalized spacial score (nSPS) is 13.2. The predicted octanol–water partition coefficient (Wildman–Crippen LogP) is 2.83. The highest BCUT2D eigenvalue weighted by Gasteiger charge is 2.15. The highest BCUT2D eigenvalue weighted by atomic mass is 16.3. The van der Waals surface area contributed by atoms with Gasteiger partial charge in [-0.15, -0.1) is 0 Å². The number of benzene rings is 1. The molecule has 0 aromatic heterocycles. The Morgan fingerprint density at radius 3 is 2.20 bits per heavy atom. The third-order valence-corrected chi connectivity index (χ3v) is 3.26. The molecule has 4 nitrogen and oxygen atoms in total. The van der Waals surface area contributed by atoms with Gasteiger partial charge in [0.2, 0.25) is 5.91 Å². The Balaban J connectivity index is 2.48. The van der Waals surface area contributed by atoms with Gasteiger partial charge >= 0.3 is 0 Å². The van der Waals surface area contributed by atoms with Crippen molar-refractivity contribution in [3.05, 3.63) is 29.8 Å². The summed E-state index contributed by atoms with van der Waals surface area (Å²) in [5, 5.41) is 9.63. The molecule has 0 aliphatic rings. The molecule has 4 heteroatoms. The van der Waals surface area contributed by atoms with Crippen LogP contribution in [0, 0.1) is 5.92 Å². The average Bonchev–Trinajstić information content (AvgIpc) is 2.35. The van der Waals surface area contributed by atoms with Crippen LogP contribution < -0.4 is 10.9 Å². The van der Waals surface area contributed by atoms with Crippen molar-refractivity contribution in [1.29, 1.82) is 0 Å². The van der Waals surface area contributed by atoms with Gasteiger partial charge < -0.3 is 5.11 Å². The molecule has 1 aromatic rings. The van der Waals surface area contributed by atoms with Crippen molar-refractivity contribution in [1.82, 2.24) is 5.43 Å². The van der Waals surface area contributed by atoms with E-state index in [0.29, 0.717) is 0 Å². The first-order valence-electron chi connectivity index (χ1n) is 7.03. The van der Waals surface area contributed by atoms with Crippen molar-refractivity contribution in [2.45, 2.75) is 52.6 Å². The maximum absolute atomic E-state index is 11.6. The standard InChI is InChI=1S/C16H26N2O2/c1-11(2)14(19)10-15(20)18-17-13-8-6-12(7-9-13)16(3,4)5/h6-9,11,14,17,19H,10H2,1-5H3,(H,18,20). The van der Waals surface area contributed by atoms with Crippen molar-refractivity contribution in [2.24, 2.45) is 5.92 Å². The van der Waals surface area contributed by atoms with E-state index < -0.39 is 6.10 Å². The van der Waals surface area contributed by atoms with Gasteiger partial charge in [-0.3, -0.25) is 15.6 Å². The summed E-state index contributed by atoms with van der Waals surface area (Å²) in [5.41, 5.74) is 7.63. The number of hydrogen-bond acceptors (Lipinski definition) is 3. The molecule has 20 heavy (non-hydrogen) atoms. The van der Waals surface area contributed by atoms with Gasteiger partial charge in [0.1, 0.15) is 0 Å². The Morgan fingerprint density at radius 1 is 1.20 bits per heavy atom. The number of anilines is 1. The van der Waals surface area contributed by atoms with Gasteiger partial charge in [-0.25, -0.2) is 0 Å². The number of aliphatic hydroxyl groups is 1. The first-order valence-corrected chi connectivity index (χ1v) is 7.03. The summed E-state index contributed by atoms with van der Waals surface area (Å²) in [7, 11) is 0. The first kappa shape index (κ1) is 16.5. The zero-order chi connectivity index (χ0) is 15.3. The van der Waals surface area contributed by atoms with Crippen LogP contribution in [0.5, 0.6) is 0 Å². The lowest BCUT2D eigenvalue weighted by molar-refractivity contribution is -0.123. The molecule has 112 valence electrons. The van der Waals surface area contributed by atoms with Crippen LogP contribution in [0.1, 0.15) is 46.6 Å².